The van der Waals surface area contributed by atoms with E-state index in [1.165, 1.54) is 5.39 Å². The zero-order chi connectivity index (χ0) is 17.5. The fourth-order valence-corrected chi connectivity index (χ4v) is 3.42. The lowest BCUT2D eigenvalue weighted by Gasteiger charge is -2.06. The second kappa shape index (κ2) is 5.78. The van der Waals surface area contributed by atoms with Gasteiger partial charge in [-0.05, 0) is 45.8 Å². The molecule has 0 aliphatic heterocycles. The van der Waals surface area contributed by atoms with Gasteiger partial charge in [-0.2, -0.15) is 0 Å². The first kappa shape index (κ1) is 14.8. The van der Waals surface area contributed by atoms with E-state index in [2.05, 4.69) is 23.2 Å². The second-order valence-corrected chi connectivity index (χ2v) is 6.48. The first-order valence-electron chi connectivity index (χ1n) is 8.61. The number of benzene rings is 4. The van der Waals surface area contributed by atoms with E-state index < -0.39 is 0 Å². The van der Waals surface area contributed by atoms with Gasteiger partial charge in [0.25, 0.3) is 0 Å². The van der Waals surface area contributed by atoms with Crippen LogP contribution in [0, 0.1) is 0 Å². The van der Waals surface area contributed by atoms with E-state index >= 15 is 0 Å². The Bertz CT molecular complexity index is 1300. The van der Waals surface area contributed by atoms with Crippen LogP contribution in [0.4, 0.5) is 0 Å². The third-order valence-corrected chi connectivity index (χ3v) is 4.80. The average molecular weight is 333 g/mol. The molecule has 0 radical (unpaired) electrons. The molecule has 4 aromatic carbocycles. The van der Waals surface area contributed by atoms with Gasteiger partial charge < -0.3 is 0 Å². The zero-order valence-electron chi connectivity index (χ0n) is 14.0. The molecule has 0 spiro atoms. The Hall–Kier alpha value is -3.52. The summed E-state index contributed by atoms with van der Waals surface area (Å²) >= 11 is 0. The molecule has 2 nitrogen and oxygen atoms in total. The standard InChI is InChI=1S/C24H15NO/c26-24(21-10-9-16-5-1-2-6-17(16)14-21)22-12-11-20-13-18-7-3-4-8-19(18)15-23(20)25-22/h1-15H. The van der Waals surface area contributed by atoms with Gasteiger partial charge >= 0.3 is 0 Å². The average Bonchev–Trinajstić information content (AvgIpc) is 2.71. The molecule has 1 heterocycles. The molecule has 0 bridgehead atoms. The van der Waals surface area contributed by atoms with Crippen LogP contribution in [0.25, 0.3) is 32.4 Å². The van der Waals surface area contributed by atoms with Crippen molar-refractivity contribution in [3.63, 3.8) is 0 Å². The summed E-state index contributed by atoms with van der Waals surface area (Å²) in [5, 5.41) is 5.53. The Morgan fingerprint density at radius 3 is 1.96 bits per heavy atom. The molecular formula is C24H15NO. The van der Waals surface area contributed by atoms with Gasteiger partial charge in [-0.15, -0.1) is 0 Å². The van der Waals surface area contributed by atoms with Crippen LogP contribution in [-0.4, -0.2) is 10.8 Å². The minimum Gasteiger partial charge on any atom is -0.287 e. The Balaban J connectivity index is 1.62. The third-order valence-electron chi connectivity index (χ3n) is 4.80. The third kappa shape index (κ3) is 2.44. The molecule has 2 heteroatoms. The van der Waals surface area contributed by atoms with E-state index in [1.54, 1.807) is 0 Å². The van der Waals surface area contributed by atoms with Crippen molar-refractivity contribution in [3.8, 4) is 0 Å². The summed E-state index contributed by atoms with van der Waals surface area (Å²) in [6.45, 7) is 0. The molecular weight excluding hydrogens is 318 g/mol. The summed E-state index contributed by atoms with van der Waals surface area (Å²) in [7, 11) is 0. The van der Waals surface area contributed by atoms with Gasteiger partial charge in [-0.1, -0.05) is 66.7 Å². The Morgan fingerprint density at radius 2 is 1.19 bits per heavy atom. The van der Waals surface area contributed by atoms with Gasteiger partial charge in [-0.3, -0.25) is 4.79 Å². The SMILES string of the molecule is O=C(c1ccc2ccccc2c1)c1ccc2cc3ccccc3cc2n1. The fraction of sp³-hybridized carbons (Fsp3) is 0. The number of nitrogens with zero attached hydrogens (tertiary/aromatic N) is 1. The molecule has 0 fully saturated rings. The van der Waals surface area contributed by atoms with Crippen LogP contribution < -0.4 is 0 Å². The molecule has 5 rings (SSSR count). The number of hydrogen-bond acceptors (Lipinski definition) is 2. The first-order chi connectivity index (χ1) is 12.8. The number of pyridine rings is 1. The maximum Gasteiger partial charge on any atom is 0.211 e. The summed E-state index contributed by atoms with van der Waals surface area (Å²) in [6, 6.07) is 30.0. The smallest absolute Gasteiger partial charge is 0.211 e. The van der Waals surface area contributed by atoms with Crippen LogP contribution in [0.1, 0.15) is 16.1 Å². The lowest BCUT2D eigenvalue weighted by Crippen LogP contribution is -2.04. The highest BCUT2D eigenvalue weighted by molar-refractivity contribution is 6.10. The highest BCUT2D eigenvalue weighted by atomic mass is 16.1. The lowest BCUT2D eigenvalue weighted by atomic mass is 10.0. The largest absolute Gasteiger partial charge is 0.287 e. The van der Waals surface area contributed by atoms with Crippen molar-refractivity contribution in [1.82, 2.24) is 4.98 Å². The molecule has 0 amide bonds. The van der Waals surface area contributed by atoms with E-state index in [0.29, 0.717) is 11.3 Å². The van der Waals surface area contributed by atoms with Crippen molar-refractivity contribution < 1.29 is 4.79 Å². The van der Waals surface area contributed by atoms with E-state index in [0.717, 1.165) is 27.1 Å². The van der Waals surface area contributed by atoms with Crippen molar-refractivity contribution in [2.75, 3.05) is 0 Å². The van der Waals surface area contributed by atoms with Crippen molar-refractivity contribution in [2.24, 2.45) is 0 Å². The molecule has 1 aromatic heterocycles. The molecule has 0 saturated heterocycles. The van der Waals surface area contributed by atoms with Crippen LogP contribution in [-0.2, 0) is 0 Å². The van der Waals surface area contributed by atoms with E-state index in [1.807, 2.05) is 72.8 Å². The molecule has 0 aliphatic rings. The van der Waals surface area contributed by atoms with Gasteiger partial charge in [0.2, 0.25) is 5.78 Å². The van der Waals surface area contributed by atoms with Gasteiger partial charge in [0.05, 0.1) is 5.52 Å². The first-order valence-corrected chi connectivity index (χ1v) is 8.61. The van der Waals surface area contributed by atoms with Crippen molar-refractivity contribution in [1.29, 1.82) is 0 Å². The summed E-state index contributed by atoms with van der Waals surface area (Å²) in [5.74, 6) is -0.0502. The minimum absolute atomic E-state index is 0.0502. The van der Waals surface area contributed by atoms with Crippen LogP contribution >= 0.6 is 0 Å². The Kier molecular flexibility index (Phi) is 3.29. The zero-order valence-corrected chi connectivity index (χ0v) is 14.0. The normalized spacial score (nSPS) is 11.2. The van der Waals surface area contributed by atoms with E-state index in [-0.39, 0.29) is 5.78 Å². The summed E-state index contributed by atoms with van der Waals surface area (Å²) in [6.07, 6.45) is 0. The topological polar surface area (TPSA) is 30.0 Å². The summed E-state index contributed by atoms with van der Waals surface area (Å²) in [5.41, 5.74) is 1.98. The fourth-order valence-electron chi connectivity index (χ4n) is 3.42. The predicted octanol–water partition coefficient (Wildman–Crippen LogP) is 5.77. The monoisotopic (exact) mass is 333 g/mol. The Labute approximate surface area is 150 Å². The number of fused-ring (bicyclic) bond motifs is 3. The van der Waals surface area contributed by atoms with Crippen LogP contribution in [0.3, 0.4) is 0 Å². The highest BCUT2D eigenvalue weighted by Crippen LogP contribution is 2.23. The second-order valence-electron chi connectivity index (χ2n) is 6.48. The van der Waals surface area contributed by atoms with E-state index in [9.17, 15) is 4.79 Å². The van der Waals surface area contributed by atoms with Crippen LogP contribution in [0.2, 0.25) is 0 Å². The number of carbonyl (C=O) groups excluding carboxylic acids is 1. The van der Waals surface area contributed by atoms with Gasteiger partial charge in [0.1, 0.15) is 5.69 Å². The molecule has 0 saturated carbocycles. The van der Waals surface area contributed by atoms with Gasteiger partial charge in [-0.25, -0.2) is 4.98 Å². The maximum absolute atomic E-state index is 12.9. The summed E-state index contributed by atoms with van der Waals surface area (Å²) < 4.78 is 0. The van der Waals surface area contributed by atoms with Crippen molar-refractivity contribution >= 4 is 38.2 Å². The molecule has 122 valence electrons. The number of aromatic nitrogens is 1. The van der Waals surface area contributed by atoms with Crippen molar-refractivity contribution in [3.05, 3.63) is 102 Å². The quantitative estimate of drug-likeness (QED) is 0.303. The number of ketones is 1. The highest BCUT2D eigenvalue weighted by Gasteiger charge is 2.12. The Morgan fingerprint density at radius 1 is 0.577 bits per heavy atom. The minimum atomic E-state index is -0.0502. The number of rotatable bonds is 2. The van der Waals surface area contributed by atoms with Crippen molar-refractivity contribution in [2.45, 2.75) is 0 Å². The molecule has 26 heavy (non-hydrogen) atoms. The predicted molar refractivity (Wildman–Crippen MR) is 107 cm³/mol. The molecule has 0 atom stereocenters. The molecule has 5 aromatic rings. The van der Waals surface area contributed by atoms with Crippen LogP contribution in [0.5, 0.6) is 0 Å². The maximum atomic E-state index is 12.9. The van der Waals surface area contributed by atoms with Gasteiger partial charge in [0.15, 0.2) is 0 Å². The molecule has 0 unspecified atom stereocenters. The number of hydrogen-bond donors (Lipinski definition) is 0. The molecule has 0 aliphatic carbocycles. The number of carbonyl (C=O) groups is 1. The molecule has 0 N–H and O–H groups in total. The van der Waals surface area contributed by atoms with Gasteiger partial charge in [0, 0.05) is 10.9 Å². The lowest BCUT2D eigenvalue weighted by molar-refractivity contribution is 0.103. The van der Waals surface area contributed by atoms with Crippen LogP contribution in [0.15, 0.2) is 91.0 Å². The van der Waals surface area contributed by atoms with E-state index in [4.69, 9.17) is 0 Å². The summed E-state index contributed by atoms with van der Waals surface area (Å²) in [4.78, 5) is 17.6.